The molecule has 2 rings (SSSR count). The molecule has 0 aliphatic carbocycles. The third-order valence-corrected chi connectivity index (χ3v) is 5.05. The Bertz CT molecular complexity index is 828. The summed E-state index contributed by atoms with van der Waals surface area (Å²) in [7, 11) is 0. The fraction of sp³-hybridized carbons (Fsp3) is 0.385. The van der Waals surface area contributed by atoms with Crippen molar-refractivity contribution in [3.05, 3.63) is 30.9 Å². The first-order valence-electron chi connectivity index (χ1n) is 7.11. The molecule has 0 fully saturated rings. The molecule has 2 heterocycles. The van der Waals surface area contributed by atoms with Crippen LogP contribution in [0.5, 0.6) is 0 Å². The first kappa shape index (κ1) is 19.3. The molecule has 2 aromatic heterocycles. The van der Waals surface area contributed by atoms with Crippen molar-refractivity contribution < 1.29 is 9.72 Å². The number of aryl methyl sites for hydroxylation is 1. The molecular weight excluding hydrogens is 391 g/mol. The van der Waals surface area contributed by atoms with Gasteiger partial charge in [0.05, 0.1) is 21.6 Å². The van der Waals surface area contributed by atoms with Crippen LogP contribution in [0.4, 0.5) is 16.9 Å². The zero-order valence-electron chi connectivity index (χ0n) is 13.5. The fourth-order valence-corrected chi connectivity index (χ4v) is 3.63. The number of nitrogens with one attached hydrogen (secondary N) is 2. The second-order valence-electron chi connectivity index (χ2n) is 4.98. The lowest BCUT2D eigenvalue weighted by molar-refractivity contribution is -0.381. The standard InChI is InChI=1S/C13H14Cl2N6O3S/c1-4-7(8-9(14)10(15)25-11(8)21(23)24)19-13-17-5(2)16-12(20-13)18-6(3)22/h7H,4H2,1-3H3,(H2,16,17,18,19,20,22). The highest BCUT2D eigenvalue weighted by Gasteiger charge is 2.30. The number of amides is 1. The van der Waals surface area contributed by atoms with Crippen molar-refractivity contribution in [2.45, 2.75) is 33.2 Å². The molecule has 0 saturated heterocycles. The number of carbonyl (C=O) groups excluding carboxylic acids is 1. The van der Waals surface area contributed by atoms with E-state index in [0.717, 1.165) is 11.3 Å². The molecule has 1 amide bonds. The summed E-state index contributed by atoms with van der Waals surface area (Å²) in [5.74, 6) is 0.295. The van der Waals surface area contributed by atoms with Gasteiger partial charge in [0.15, 0.2) is 0 Å². The Balaban J connectivity index is 2.40. The Kier molecular flexibility index (Phi) is 6.09. The fourth-order valence-electron chi connectivity index (χ4n) is 2.12. The molecule has 12 heteroatoms. The minimum absolute atomic E-state index is 0.0845. The van der Waals surface area contributed by atoms with Gasteiger partial charge >= 0.3 is 5.00 Å². The van der Waals surface area contributed by atoms with Crippen molar-refractivity contribution in [3.63, 3.8) is 0 Å². The molecule has 2 aromatic rings. The van der Waals surface area contributed by atoms with E-state index >= 15 is 0 Å². The Hall–Kier alpha value is -2.04. The average molecular weight is 405 g/mol. The van der Waals surface area contributed by atoms with E-state index in [1.807, 2.05) is 6.92 Å². The summed E-state index contributed by atoms with van der Waals surface area (Å²) < 4.78 is 0.148. The van der Waals surface area contributed by atoms with Gasteiger partial charge in [0.25, 0.3) is 0 Å². The molecular formula is C13H14Cl2N6O3S. The van der Waals surface area contributed by atoms with Gasteiger partial charge in [0, 0.05) is 6.92 Å². The number of nitro groups is 1. The summed E-state index contributed by atoms with van der Waals surface area (Å²) in [6.07, 6.45) is 0.466. The topological polar surface area (TPSA) is 123 Å². The molecule has 0 radical (unpaired) electrons. The third kappa shape index (κ3) is 4.53. The highest BCUT2D eigenvalue weighted by molar-refractivity contribution is 7.20. The smallest absolute Gasteiger partial charge is 0.332 e. The molecule has 0 saturated carbocycles. The van der Waals surface area contributed by atoms with Gasteiger partial charge in [-0.15, -0.1) is 0 Å². The van der Waals surface area contributed by atoms with Crippen molar-refractivity contribution >= 4 is 57.3 Å². The maximum Gasteiger partial charge on any atom is 0.332 e. The lowest BCUT2D eigenvalue weighted by atomic mass is 10.1. The maximum atomic E-state index is 11.3. The molecule has 0 spiro atoms. The van der Waals surface area contributed by atoms with Crippen molar-refractivity contribution in [1.82, 2.24) is 15.0 Å². The van der Waals surface area contributed by atoms with Crippen LogP contribution in [0.1, 0.15) is 37.7 Å². The lowest BCUT2D eigenvalue weighted by Gasteiger charge is -2.16. The van der Waals surface area contributed by atoms with E-state index < -0.39 is 11.0 Å². The Morgan fingerprint density at radius 3 is 2.52 bits per heavy atom. The van der Waals surface area contributed by atoms with Crippen molar-refractivity contribution in [2.24, 2.45) is 0 Å². The number of hydrogen-bond donors (Lipinski definition) is 2. The number of carbonyl (C=O) groups is 1. The lowest BCUT2D eigenvalue weighted by Crippen LogP contribution is -2.16. The Labute approximate surface area is 156 Å². The number of aromatic nitrogens is 3. The van der Waals surface area contributed by atoms with Gasteiger partial charge in [-0.2, -0.15) is 15.0 Å². The summed E-state index contributed by atoms with van der Waals surface area (Å²) in [5, 5.41) is 16.7. The van der Waals surface area contributed by atoms with Crippen LogP contribution < -0.4 is 10.6 Å². The van der Waals surface area contributed by atoms with E-state index in [1.165, 1.54) is 6.92 Å². The summed E-state index contributed by atoms with van der Waals surface area (Å²) in [4.78, 5) is 34.1. The predicted octanol–water partition coefficient (Wildman–Crippen LogP) is 3.98. The summed E-state index contributed by atoms with van der Waals surface area (Å²) in [6, 6.07) is -0.538. The molecule has 1 unspecified atom stereocenters. The number of thiophene rings is 1. The number of halogens is 2. The second-order valence-corrected chi connectivity index (χ2v) is 6.96. The van der Waals surface area contributed by atoms with Gasteiger partial charge < -0.3 is 5.32 Å². The van der Waals surface area contributed by atoms with Crippen molar-refractivity contribution in [2.75, 3.05) is 10.6 Å². The van der Waals surface area contributed by atoms with Crippen LogP contribution in [0, 0.1) is 17.0 Å². The van der Waals surface area contributed by atoms with Crippen LogP contribution in [0.2, 0.25) is 9.36 Å². The van der Waals surface area contributed by atoms with Crippen molar-refractivity contribution in [1.29, 1.82) is 0 Å². The molecule has 0 aliphatic heterocycles. The minimum Gasteiger partial charge on any atom is -0.347 e. The summed E-state index contributed by atoms with van der Waals surface area (Å²) in [6.45, 7) is 4.79. The first-order valence-corrected chi connectivity index (χ1v) is 8.69. The van der Waals surface area contributed by atoms with Crippen LogP contribution in [-0.4, -0.2) is 25.8 Å². The monoisotopic (exact) mass is 404 g/mol. The summed E-state index contributed by atoms with van der Waals surface area (Å²) in [5.41, 5.74) is 0.281. The van der Waals surface area contributed by atoms with E-state index in [9.17, 15) is 14.9 Å². The van der Waals surface area contributed by atoms with Crippen LogP contribution >= 0.6 is 34.5 Å². The van der Waals surface area contributed by atoms with E-state index in [0.29, 0.717) is 12.2 Å². The van der Waals surface area contributed by atoms with E-state index in [2.05, 4.69) is 25.6 Å². The first-order chi connectivity index (χ1) is 11.7. The minimum atomic E-state index is -0.538. The van der Waals surface area contributed by atoms with Crippen LogP contribution in [-0.2, 0) is 4.79 Å². The van der Waals surface area contributed by atoms with Crippen LogP contribution in [0.3, 0.4) is 0 Å². The number of anilines is 2. The number of rotatable bonds is 6. The SMILES string of the molecule is CCC(Nc1nc(C)nc(NC(C)=O)n1)c1c([N+](=O)[O-])sc(Cl)c1Cl. The van der Waals surface area contributed by atoms with Gasteiger partial charge in [-0.25, -0.2) is 0 Å². The van der Waals surface area contributed by atoms with Gasteiger partial charge in [0.1, 0.15) is 10.2 Å². The molecule has 1 atom stereocenters. The predicted molar refractivity (Wildman–Crippen MR) is 96.5 cm³/mol. The largest absolute Gasteiger partial charge is 0.347 e. The molecule has 2 N–H and O–H groups in total. The highest BCUT2D eigenvalue weighted by atomic mass is 35.5. The second kappa shape index (κ2) is 7.89. The van der Waals surface area contributed by atoms with Crippen LogP contribution in [0.25, 0.3) is 0 Å². The van der Waals surface area contributed by atoms with E-state index in [4.69, 9.17) is 23.2 Å². The molecule has 25 heavy (non-hydrogen) atoms. The molecule has 0 aliphatic rings. The Morgan fingerprint density at radius 2 is 1.96 bits per heavy atom. The average Bonchev–Trinajstić information content (AvgIpc) is 2.80. The van der Waals surface area contributed by atoms with Gasteiger partial charge in [-0.3, -0.25) is 20.2 Å². The van der Waals surface area contributed by atoms with Crippen LogP contribution in [0.15, 0.2) is 0 Å². The molecule has 0 bridgehead atoms. The zero-order chi connectivity index (χ0) is 18.7. The Morgan fingerprint density at radius 1 is 1.32 bits per heavy atom. The molecule has 9 nitrogen and oxygen atoms in total. The zero-order valence-corrected chi connectivity index (χ0v) is 15.8. The third-order valence-electron chi connectivity index (χ3n) is 3.09. The summed E-state index contributed by atoms with van der Waals surface area (Å²) >= 11 is 12.9. The van der Waals surface area contributed by atoms with E-state index in [-0.39, 0.29) is 37.7 Å². The van der Waals surface area contributed by atoms with E-state index in [1.54, 1.807) is 6.92 Å². The maximum absolute atomic E-state index is 11.3. The number of nitrogens with zero attached hydrogens (tertiary/aromatic N) is 4. The van der Waals surface area contributed by atoms with Gasteiger partial charge in [-0.05, 0) is 24.7 Å². The van der Waals surface area contributed by atoms with Crippen molar-refractivity contribution in [3.8, 4) is 0 Å². The number of hydrogen-bond acceptors (Lipinski definition) is 8. The van der Waals surface area contributed by atoms with Gasteiger partial charge in [-0.1, -0.05) is 30.1 Å². The normalized spacial score (nSPS) is 11.9. The molecule has 0 aromatic carbocycles. The quantitative estimate of drug-likeness (QED) is 0.550. The molecule has 134 valence electrons. The highest BCUT2D eigenvalue weighted by Crippen LogP contribution is 2.46. The van der Waals surface area contributed by atoms with Gasteiger partial charge in [0.2, 0.25) is 17.8 Å².